The molecule has 17 heavy (non-hydrogen) atoms. The molecule has 5 heteroatoms. The van der Waals surface area contributed by atoms with Crippen molar-refractivity contribution in [3.8, 4) is 0 Å². The molecule has 0 unspecified atom stereocenters. The lowest BCUT2D eigenvalue weighted by atomic mass is 10.2. The number of hydrogen-bond donors (Lipinski definition) is 0. The van der Waals surface area contributed by atoms with Gasteiger partial charge < -0.3 is 14.2 Å². The van der Waals surface area contributed by atoms with Crippen LogP contribution in [0.1, 0.15) is 10.4 Å². The molecule has 0 radical (unpaired) electrons. The fourth-order valence-corrected chi connectivity index (χ4v) is 1.14. The highest BCUT2D eigenvalue weighted by atomic mass is 19.1. The highest BCUT2D eigenvalue weighted by Gasteiger charge is 2.11. The van der Waals surface area contributed by atoms with Crippen LogP contribution < -0.4 is 0 Å². The summed E-state index contributed by atoms with van der Waals surface area (Å²) in [6.07, 6.45) is 0. The second kappa shape index (κ2) is 7.76. The largest absolute Gasteiger partial charge is 0.460 e. The maximum absolute atomic E-state index is 13.2. The molecule has 0 saturated carbocycles. The molecule has 0 aliphatic rings. The van der Waals surface area contributed by atoms with E-state index in [-0.39, 0.29) is 18.8 Å². The minimum atomic E-state index is -0.682. The third-order valence-corrected chi connectivity index (χ3v) is 1.99. The van der Waals surface area contributed by atoms with Crippen molar-refractivity contribution in [1.82, 2.24) is 0 Å². The fourth-order valence-electron chi connectivity index (χ4n) is 1.14. The van der Waals surface area contributed by atoms with Crippen LogP contribution in [-0.4, -0.2) is 39.5 Å². The van der Waals surface area contributed by atoms with Gasteiger partial charge in [0.1, 0.15) is 12.4 Å². The van der Waals surface area contributed by atoms with Gasteiger partial charge >= 0.3 is 5.97 Å². The summed E-state index contributed by atoms with van der Waals surface area (Å²) in [6.45, 7) is 1.29. The van der Waals surface area contributed by atoms with Gasteiger partial charge in [-0.1, -0.05) is 12.1 Å². The first-order chi connectivity index (χ1) is 8.25. The van der Waals surface area contributed by atoms with Gasteiger partial charge in [-0.25, -0.2) is 9.18 Å². The number of benzene rings is 1. The number of hydrogen-bond acceptors (Lipinski definition) is 4. The van der Waals surface area contributed by atoms with Gasteiger partial charge in [-0.05, 0) is 12.1 Å². The lowest BCUT2D eigenvalue weighted by molar-refractivity contribution is 0.0210. The Balaban J connectivity index is 2.24. The summed E-state index contributed by atoms with van der Waals surface area (Å²) < 4.78 is 27.9. The second-order valence-corrected chi connectivity index (χ2v) is 3.22. The van der Waals surface area contributed by atoms with E-state index in [9.17, 15) is 9.18 Å². The molecule has 0 atom stereocenters. The van der Waals surface area contributed by atoms with Crippen LogP contribution in [0.3, 0.4) is 0 Å². The molecule has 0 aliphatic carbocycles. The van der Waals surface area contributed by atoms with E-state index in [1.54, 1.807) is 13.2 Å². The maximum Gasteiger partial charge on any atom is 0.341 e. The Kier molecular flexibility index (Phi) is 6.21. The molecule has 94 valence electrons. The van der Waals surface area contributed by atoms with Crippen molar-refractivity contribution < 1.29 is 23.4 Å². The van der Waals surface area contributed by atoms with Crippen LogP contribution in [0.4, 0.5) is 4.39 Å². The summed E-state index contributed by atoms with van der Waals surface area (Å²) in [7, 11) is 1.57. The number of carbonyl (C=O) groups excluding carboxylic acids is 1. The van der Waals surface area contributed by atoms with E-state index < -0.39 is 11.8 Å². The molecule has 0 amide bonds. The Hall–Kier alpha value is -1.46. The van der Waals surface area contributed by atoms with Crippen LogP contribution >= 0.6 is 0 Å². The van der Waals surface area contributed by atoms with E-state index in [2.05, 4.69) is 0 Å². The van der Waals surface area contributed by atoms with Gasteiger partial charge in [0.2, 0.25) is 0 Å². The Labute approximate surface area is 99.3 Å². The molecule has 0 aliphatic heterocycles. The molecular weight excluding hydrogens is 227 g/mol. The van der Waals surface area contributed by atoms with Crippen LogP contribution in [0.25, 0.3) is 0 Å². The van der Waals surface area contributed by atoms with Crippen molar-refractivity contribution in [2.45, 2.75) is 0 Å². The molecule has 1 aromatic rings. The molecular formula is C12H15FO4. The van der Waals surface area contributed by atoms with E-state index in [0.717, 1.165) is 0 Å². The Morgan fingerprint density at radius 3 is 2.59 bits per heavy atom. The van der Waals surface area contributed by atoms with Crippen LogP contribution in [0.15, 0.2) is 24.3 Å². The third-order valence-electron chi connectivity index (χ3n) is 1.99. The Morgan fingerprint density at radius 1 is 1.18 bits per heavy atom. The highest BCUT2D eigenvalue weighted by molar-refractivity contribution is 5.89. The standard InChI is InChI=1S/C12H15FO4/c1-15-6-7-16-8-9-17-12(14)10-4-2-3-5-11(10)13/h2-5H,6-9H2,1H3. The lowest BCUT2D eigenvalue weighted by Crippen LogP contribution is -2.13. The van der Waals surface area contributed by atoms with Gasteiger partial charge in [0.05, 0.1) is 25.4 Å². The van der Waals surface area contributed by atoms with Crippen molar-refractivity contribution in [1.29, 1.82) is 0 Å². The van der Waals surface area contributed by atoms with Gasteiger partial charge in [0.15, 0.2) is 0 Å². The lowest BCUT2D eigenvalue weighted by Gasteiger charge is -2.06. The quantitative estimate of drug-likeness (QED) is 0.538. The first kappa shape index (κ1) is 13.6. The SMILES string of the molecule is COCCOCCOC(=O)c1ccccc1F. The smallest absolute Gasteiger partial charge is 0.341 e. The predicted octanol–water partition coefficient (Wildman–Crippen LogP) is 1.65. The molecule has 0 aromatic heterocycles. The number of halogens is 1. The third kappa shape index (κ3) is 4.93. The van der Waals surface area contributed by atoms with Crippen molar-refractivity contribution in [3.05, 3.63) is 35.6 Å². The molecule has 1 rings (SSSR count). The zero-order valence-corrected chi connectivity index (χ0v) is 9.65. The van der Waals surface area contributed by atoms with Gasteiger partial charge in [-0.2, -0.15) is 0 Å². The maximum atomic E-state index is 13.2. The number of rotatable bonds is 7. The Morgan fingerprint density at radius 2 is 1.88 bits per heavy atom. The first-order valence-electron chi connectivity index (χ1n) is 5.24. The highest BCUT2D eigenvalue weighted by Crippen LogP contribution is 2.07. The zero-order valence-electron chi connectivity index (χ0n) is 9.65. The molecule has 4 nitrogen and oxygen atoms in total. The normalized spacial score (nSPS) is 10.2. The minimum Gasteiger partial charge on any atom is -0.460 e. The van der Waals surface area contributed by atoms with E-state index in [0.29, 0.717) is 13.2 Å². The van der Waals surface area contributed by atoms with Gasteiger partial charge in [-0.3, -0.25) is 0 Å². The van der Waals surface area contributed by atoms with Gasteiger partial charge in [0.25, 0.3) is 0 Å². The van der Waals surface area contributed by atoms with Crippen LogP contribution in [-0.2, 0) is 14.2 Å². The second-order valence-electron chi connectivity index (χ2n) is 3.22. The number of methoxy groups -OCH3 is 1. The van der Waals surface area contributed by atoms with Crippen molar-refractivity contribution in [2.24, 2.45) is 0 Å². The van der Waals surface area contributed by atoms with Crippen molar-refractivity contribution in [3.63, 3.8) is 0 Å². The number of esters is 1. The fraction of sp³-hybridized carbons (Fsp3) is 0.417. The topological polar surface area (TPSA) is 44.8 Å². The summed E-state index contributed by atoms with van der Waals surface area (Å²) in [4.78, 5) is 11.4. The summed E-state index contributed by atoms with van der Waals surface area (Å²) in [5, 5.41) is 0. The average molecular weight is 242 g/mol. The van der Waals surface area contributed by atoms with Gasteiger partial charge in [-0.15, -0.1) is 0 Å². The zero-order chi connectivity index (χ0) is 12.5. The van der Waals surface area contributed by atoms with Crippen molar-refractivity contribution >= 4 is 5.97 Å². The molecule has 0 bridgehead atoms. The van der Waals surface area contributed by atoms with Crippen LogP contribution in [0, 0.1) is 5.82 Å². The average Bonchev–Trinajstić information content (AvgIpc) is 2.34. The van der Waals surface area contributed by atoms with Gasteiger partial charge in [0, 0.05) is 7.11 Å². The van der Waals surface area contributed by atoms with Crippen molar-refractivity contribution in [2.75, 3.05) is 33.5 Å². The first-order valence-corrected chi connectivity index (χ1v) is 5.24. The monoisotopic (exact) mass is 242 g/mol. The molecule has 0 saturated heterocycles. The van der Waals surface area contributed by atoms with E-state index in [4.69, 9.17) is 14.2 Å². The van der Waals surface area contributed by atoms with E-state index in [1.165, 1.54) is 18.2 Å². The molecule has 0 N–H and O–H groups in total. The summed E-state index contributed by atoms with van der Waals surface area (Å²) in [6, 6.07) is 5.68. The molecule has 0 fully saturated rings. The molecule has 0 heterocycles. The van der Waals surface area contributed by atoms with Crippen LogP contribution in [0.2, 0.25) is 0 Å². The minimum absolute atomic E-state index is 0.0654. The summed E-state index contributed by atoms with van der Waals surface area (Å²) in [5.74, 6) is -1.27. The predicted molar refractivity (Wildman–Crippen MR) is 59.4 cm³/mol. The summed E-state index contributed by atoms with van der Waals surface area (Å²) >= 11 is 0. The number of carbonyl (C=O) groups is 1. The molecule has 1 aromatic carbocycles. The Bertz CT molecular complexity index is 354. The van der Waals surface area contributed by atoms with E-state index in [1.807, 2.05) is 0 Å². The van der Waals surface area contributed by atoms with E-state index >= 15 is 0 Å². The van der Waals surface area contributed by atoms with Crippen LogP contribution in [0.5, 0.6) is 0 Å². The molecule has 0 spiro atoms. The number of ether oxygens (including phenoxy) is 3. The summed E-state index contributed by atoms with van der Waals surface area (Å²) in [5.41, 5.74) is -0.0654.